The van der Waals surface area contributed by atoms with Crippen molar-refractivity contribution in [1.82, 2.24) is 9.55 Å². The van der Waals surface area contributed by atoms with Crippen LogP contribution in [0.3, 0.4) is 0 Å². The fourth-order valence-corrected chi connectivity index (χ4v) is 4.01. The highest BCUT2D eigenvalue weighted by atomic mass is 16.5. The van der Waals surface area contributed by atoms with E-state index in [0.717, 1.165) is 33.5 Å². The van der Waals surface area contributed by atoms with Gasteiger partial charge in [0.25, 0.3) is 0 Å². The van der Waals surface area contributed by atoms with Gasteiger partial charge in [-0.15, -0.1) is 0 Å². The number of hydrogen-bond donors (Lipinski definition) is 0. The quantitative estimate of drug-likeness (QED) is 0.361. The molecule has 0 atom stereocenters. The van der Waals surface area contributed by atoms with E-state index in [1.165, 1.54) is 0 Å². The van der Waals surface area contributed by atoms with Gasteiger partial charge in [-0.2, -0.15) is 5.26 Å². The molecule has 5 nitrogen and oxygen atoms in total. The first-order chi connectivity index (χ1) is 15.5. The lowest BCUT2D eigenvalue weighted by Gasteiger charge is -2.14. The number of carbonyl (C=O) groups excluding carboxylic acids is 1. The molecule has 0 saturated carbocycles. The van der Waals surface area contributed by atoms with Crippen molar-refractivity contribution in [3.8, 4) is 17.2 Å². The first-order valence-electron chi connectivity index (χ1n) is 10.8. The summed E-state index contributed by atoms with van der Waals surface area (Å²) in [5.41, 5.74) is 5.54. The van der Waals surface area contributed by atoms with Crippen molar-refractivity contribution < 1.29 is 9.53 Å². The van der Waals surface area contributed by atoms with Crippen molar-refractivity contribution in [1.29, 1.82) is 5.26 Å². The van der Waals surface area contributed by atoms with Crippen LogP contribution in [-0.4, -0.2) is 22.1 Å². The number of aromatic nitrogens is 2. The Bertz CT molecular complexity index is 1310. The van der Waals surface area contributed by atoms with Crippen molar-refractivity contribution in [2.75, 3.05) is 6.61 Å². The SMILES string of the molecule is CCOC(=O)c1cccc2nc(C(C)C)n(Cc3ccc(-c4ccccc4)c(C#N)c3)c12. The molecule has 0 aliphatic heterocycles. The lowest BCUT2D eigenvalue weighted by atomic mass is 9.98. The molecule has 1 heterocycles. The molecule has 4 rings (SSSR count). The summed E-state index contributed by atoms with van der Waals surface area (Å²) in [4.78, 5) is 17.4. The van der Waals surface area contributed by atoms with Crippen LogP contribution in [0.2, 0.25) is 0 Å². The number of carbonyl (C=O) groups is 1. The fraction of sp³-hybridized carbons (Fsp3) is 0.222. The summed E-state index contributed by atoms with van der Waals surface area (Å²) in [6.45, 7) is 6.78. The zero-order valence-electron chi connectivity index (χ0n) is 18.5. The summed E-state index contributed by atoms with van der Waals surface area (Å²) in [6, 6.07) is 23.7. The predicted octanol–water partition coefficient (Wildman–Crippen LogP) is 5.92. The van der Waals surface area contributed by atoms with Crippen molar-refractivity contribution in [2.24, 2.45) is 0 Å². The highest BCUT2D eigenvalue weighted by Gasteiger charge is 2.21. The second-order valence-electron chi connectivity index (χ2n) is 7.96. The molecule has 0 radical (unpaired) electrons. The van der Waals surface area contributed by atoms with Crippen LogP contribution in [-0.2, 0) is 11.3 Å². The maximum absolute atomic E-state index is 12.6. The van der Waals surface area contributed by atoms with Gasteiger partial charge in [-0.3, -0.25) is 0 Å². The minimum absolute atomic E-state index is 0.163. The lowest BCUT2D eigenvalue weighted by molar-refractivity contribution is 0.0528. The van der Waals surface area contributed by atoms with Crippen molar-refractivity contribution in [2.45, 2.75) is 33.2 Å². The van der Waals surface area contributed by atoms with Gasteiger partial charge in [0, 0.05) is 12.5 Å². The zero-order chi connectivity index (χ0) is 22.7. The molecule has 0 bridgehead atoms. The molecule has 0 fully saturated rings. The van der Waals surface area contributed by atoms with Crippen LogP contribution >= 0.6 is 0 Å². The number of nitrogens with zero attached hydrogens (tertiary/aromatic N) is 3. The van der Waals surface area contributed by atoms with E-state index in [2.05, 4.69) is 24.5 Å². The smallest absolute Gasteiger partial charge is 0.340 e. The normalized spacial score (nSPS) is 11.0. The summed E-state index contributed by atoms with van der Waals surface area (Å²) in [5.74, 6) is 0.700. The van der Waals surface area contributed by atoms with E-state index in [9.17, 15) is 10.1 Å². The van der Waals surface area contributed by atoms with E-state index >= 15 is 0 Å². The minimum atomic E-state index is -0.355. The average Bonchev–Trinajstić information content (AvgIpc) is 3.18. The van der Waals surface area contributed by atoms with Crippen molar-refractivity contribution in [3.05, 3.63) is 89.2 Å². The number of esters is 1. The molecule has 0 aliphatic rings. The van der Waals surface area contributed by atoms with Crippen LogP contribution in [0.25, 0.3) is 22.2 Å². The van der Waals surface area contributed by atoms with Crippen molar-refractivity contribution in [3.63, 3.8) is 0 Å². The zero-order valence-corrected chi connectivity index (χ0v) is 18.5. The van der Waals surface area contributed by atoms with E-state index in [-0.39, 0.29) is 11.9 Å². The molecule has 160 valence electrons. The monoisotopic (exact) mass is 423 g/mol. The van der Waals surface area contributed by atoms with E-state index < -0.39 is 0 Å². The third-order valence-corrected chi connectivity index (χ3v) is 5.44. The molecule has 1 aromatic heterocycles. The summed E-state index contributed by atoms with van der Waals surface area (Å²) in [5, 5.41) is 9.79. The molecule has 0 spiro atoms. The van der Waals surface area contributed by atoms with Gasteiger partial charge in [-0.05, 0) is 41.8 Å². The van der Waals surface area contributed by atoms with E-state index in [0.29, 0.717) is 24.3 Å². The molecular formula is C27H25N3O2. The number of imidazole rings is 1. The molecule has 0 N–H and O–H groups in total. The highest BCUT2D eigenvalue weighted by molar-refractivity contribution is 6.02. The number of fused-ring (bicyclic) bond motifs is 1. The van der Waals surface area contributed by atoms with Gasteiger partial charge in [0.2, 0.25) is 0 Å². The van der Waals surface area contributed by atoms with Gasteiger partial charge in [-0.1, -0.05) is 62.4 Å². The molecule has 5 heteroatoms. The van der Waals surface area contributed by atoms with Crippen molar-refractivity contribution >= 4 is 17.0 Å². The second kappa shape index (κ2) is 9.07. The summed E-state index contributed by atoms with van der Waals surface area (Å²) >= 11 is 0. The molecule has 0 amide bonds. The molecule has 3 aromatic carbocycles. The molecule has 0 saturated heterocycles. The first-order valence-corrected chi connectivity index (χ1v) is 10.8. The van der Waals surface area contributed by atoms with Crippen LogP contribution in [0.1, 0.15) is 54.0 Å². The summed E-state index contributed by atoms with van der Waals surface area (Å²) in [6.07, 6.45) is 0. The van der Waals surface area contributed by atoms with Gasteiger partial charge in [-0.25, -0.2) is 9.78 Å². The summed E-state index contributed by atoms with van der Waals surface area (Å²) < 4.78 is 7.36. The Hall–Kier alpha value is -3.91. The molecule has 0 unspecified atom stereocenters. The van der Waals surface area contributed by atoms with E-state index in [1.807, 2.05) is 60.7 Å². The van der Waals surface area contributed by atoms with Crippen LogP contribution in [0.4, 0.5) is 0 Å². The molecule has 32 heavy (non-hydrogen) atoms. The number of para-hydroxylation sites is 1. The number of hydrogen-bond acceptors (Lipinski definition) is 4. The Morgan fingerprint density at radius 3 is 2.56 bits per heavy atom. The standard InChI is InChI=1S/C27H25N3O2/c1-4-32-27(31)23-11-8-12-24-25(23)30(26(29-24)18(2)3)17-19-13-14-22(21(15-19)16-28)20-9-6-5-7-10-20/h5-15,18H,4,17H2,1-3H3. The summed E-state index contributed by atoms with van der Waals surface area (Å²) in [7, 11) is 0. The van der Waals surface area contributed by atoms with Gasteiger partial charge in [0.1, 0.15) is 5.82 Å². The largest absolute Gasteiger partial charge is 0.462 e. The number of nitriles is 1. The Balaban J connectivity index is 1.83. The molecular weight excluding hydrogens is 398 g/mol. The third-order valence-electron chi connectivity index (χ3n) is 5.44. The van der Waals surface area contributed by atoms with Crippen LogP contribution in [0.5, 0.6) is 0 Å². The Morgan fingerprint density at radius 2 is 1.88 bits per heavy atom. The van der Waals surface area contributed by atoms with Gasteiger partial charge < -0.3 is 9.30 Å². The van der Waals surface area contributed by atoms with Gasteiger partial charge >= 0.3 is 5.97 Å². The van der Waals surface area contributed by atoms with Crippen LogP contribution < -0.4 is 0 Å². The van der Waals surface area contributed by atoms with Crippen LogP contribution in [0.15, 0.2) is 66.7 Å². The van der Waals surface area contributed by atoms with E-state index in [1.54, 1.807) is 13.0 Å². The number of rotatable bonds is 6. The number of benzene rings is 3. The number of ether oxygens (including phenoxy) is 1. The minimum Gasteiger partial charge on any atom is -0.462 e. The fourth-order valence-electron chi connectivity index (χ4n) is 4.01. The second-order valence-corrected chi connectivity index (χ2v) is 7.96. The first kappa shape index (κ1) is 21.3. The van der Waals surface area contributed by atoms with E-state index in [4.69, 9.17) is 9.72 Å². The average molecular weight is 424 g/mol. The third kappa shape index (κ3) is 4.00. The highest BCUT2D eigenvalue weighted by Crippen LogP contribution is 2.29. The van der Waals surface area contributed by atoms with Gasteiger partial charge in [0.05, 0.1) is 34.8 Å². The maximum Gasteiger partial charge on any atom is 0.340 e. The topological polar surface area (TPSA) is 67.9 Å². The molecule has 0 aliphatic carbocycles. The Labute approximate surface area is 187 Å². The Morgan fingerprint density at radius 1 is 1.09 bits per heavy atom. The van der Waals surface area contributed by atoms with Crippen LogP contribution in [0, 0.1) is 11.3 Å². The molecule has 4 aromatic rings. The predicted molar refractivity (Wildman–Crippen MR) is 125 cm³/mol. The maximum atomic E-state index is 12.6. The van der Waals surface area contributed by atoms with Gasteiger partial charge in [0.15, 0.2) is 0 Å². The Kier molecular flexibility index (Phi) is 6.04. The lowest BCUT2D eigenvalue weighted by Crippen LogP contribution is -2.11.